The minimum absolute atomic E-state index is 0.186. The summed E-state index contributed by atoms with van der Waals surface area (Å²) in [5, 5.41) is 1.75. The van der Waals surface area contributed by atoms with Gasteiger partial charge in [0, 0.05) is 34.8 Å². The van der Waals surface area contributed by atoms with E-state index < -0.39 is 41.7 Å². The van der Waals surface area contributed by atoms with Gasteiger partial charge in [-0.15, -0.1) is 0 Å². The standard InChI is InChI=1S/C15H23NO8S/c1-7(17)16-12-14(25-10(4)20)13(23-9(3)19)11(6-22-8(2)18)24-15(12)21-5/h11-15H,6H2,1-5H3,(H,16,17)/t11-,12+,13-,14-,15+/m1/s1. The van der Waals surface area contributed by atoms with Crippen molar-refractivity contribution in [2.24, 2.45) is 0 Å². The Morgan fingerprint density at radius 1 is 1.08 bits per heavy atom. The number of hydrogen-bond donors (Lipinski definition) is 1. The Kier molecular flexibility index (Phi) is 8.33. The first-order valence-corrected chi connectivity index (χ1v) is 8.46. The Morgan fingerprint density at radius 3 is 2.16 bits per heavy atom. The number of thioether (sulfide) groups is 1. The van der Waals surface area contributed by atoms with E-state index in [0.717, 1.165) is 11.8 Å². The molecule has 1 fully saturated rings. The summed E-state index contributed by atoms with van der Waals surface area (Å²) >= 11 is 0.901. The van der Waals surface area contributed by atoms with Crippen LogP contribution in [0.5, 0.6) is 0 Å². The largest absolute Gasteiger partial charge is 0.463 e. The van der Waals surface area contributed by atoms with Gasteiger partial charge in [0.15, 0.2) is 11.4 Å². The van der Waals surface area contributed by atoms with Crippen molar-refractivity contribution in [3.63, 3.8) is 0 Å². The maximum Gasteiger partial charge on any atom is 0.303 e. The van der Waals surface area contributed by atoms with Crippen molar-refractivity contribution in [3.05, 3.63) is 0 Å². The van der Waals surface area contributed by atoms with Gasteiger partial charge in [-0.25, -0.2) is 0 Å². The number of rotatable bonds is 6. The Labute approximate surface area is 150 Å². The number of esters is 2. The smallest absolute Gasteiger partial charge is 0.303 e. The monoisotopic (exact) mass is 377 g/mol. The third-order valence-corrected chi connectivity index (χ3v) is 4.47. The molecule has 5 atom stereocenters. The molecule has 1 amide bonds. The van der Waals surface area contributed by atoms with Crippen molar-refractivity contribution in [2.45, 2.75) is 57.5 Å². The maximum atomic E-state index is 11.7. The Bertz CT molecular complexity index is 526. The first-order chi connectivity index (χ1) is 11.6. The maximum absolute atomic E-state index is 11.7. The first-order valence-electron chi connectivity index (χ1n) is 7.58. The van der Waals surface area contributed by atoms with E-state index in [9.17, 15) is 19.2 Å². The third kappa shape index (κ3) is 6.63. The summed E-state index contributed by atoms with van der Waals surface area (Å²) in [7, 11) is 1.38. The van der Waals surface area contributed by atoms with E-state index >= 15 is 0 Å². The fraction of sp³-hybridized carbons (Fsp3) is 0.733. The molecule has 0 aliphatic carbocycles. The minimum atomic E-state index is -0.922. The normalized spacial score (nSPS) is 28.8. The van der Waals surface area contributed by atoms with Gasteiger partial charge in [0.25, 0.3) is 0 Å². The van der Waals surface area contributed by atoms with Gasteiger partial charge in [-0.05, 0) is 0 Å². The van der Waals surface area contributed by atoms with Crippen LogP contribution in [0, 0.1) is 0 Å². The lowest BCUT2D eigenvalue weighted by atomic mass is 9.99. The van der Waals surface area contributed by atoms with Crippen molar-refractivity contribution < 1.29 is 38.1 Å². The van der Waals surface area contributed by atoms with E-state index in [1.54, 1.807) is 0 Å². The predicted molar refractivity (Wildman–Crippen MR) is 87.5 cm³/mol. The van der Waals surface area contributed by atoms with Gasteiger partial charge in [0.05, 0.1) is 11.3 Å². The second-order valence-electron chi connectivity index (χ2n) is 5.46. The lowest BCUT2D eigenvalue weighted by Gasteiger charge is -2.44. The highest BCUT2D eigenvalue weighted by atomic mass is 32.2. The van der Waals surface area contributed by atoms with Crippen LogP contribution < -0.4 is 5.32 Å². The van der Waals surface area contributed by atoms with Crippen LogP contribution in [0.3, 0.4) is 0 Å². The lowest BCUT2D eigenvalue weighted by molar-refractivity contribution is -0.237. The molecule has 0 saturated carbocycles. The third-order valence-electron chi connectivity index (χ3n) is 3.30. The molecule has 0 bridgehead atoms. The van der Waals surface area contributed by atoms with E-state index in [2.05, 4.69) is 5.32 Å². The summed E-state index contributed by atoms with van der Waals surface area (Å²) in [5.74, 6) is -1.48. The zero-order chi connectivity index (χ0) is 19.1. The number of ether oxygens (including phenoxy) is 4. The molecule has 0 aromatic heterocycles. The van der Waals surface area contributed by atoms with Crippen LogP contribution in [0.2, 0.25) is 0 Å². The summed E-state index contributed by atoms with van der Waals surface area (Å²) in [5.41, 5.74) is 0. The molecule has 142 valence electrons. The number of methoxy groups -OCH3 is 1. The molecule has 1 aliphatic heterocycles. The van der Waals surface area contributed by atoms with E-state index in [4.69, 9.17) is 18.9 Å². The van der Waals surface area contributed by atoms with Crippen LogP contribution in [-0.4, -0.2) is 66.5 Å². The highest BCUT2D eigenvalue weighted by Crippen LogP contribution is 2.33. The van der Waals surface area contributed by atoms with Gasteiger partial charge in [0.2, 0.25) is 5.91 Å². The molecule has 1 N–H and O–H groups in total. The van der Waals surface area contributed by atoms with Crippen LogP contribution in [-0.2, 0) is 38.1 Å². The van der Waals surface area contributed by atoms with Crippen molar-refractivity contribution in [2.75, 3.05) is 13.7 Å². The zero-order valence-corrected chi connectivity index (χ0v) is 15.6. The summed E-state index contributed by atoms with van der Waals surface area (Å²) in [4.78, 5) is 45.8. The molecular weight excluding hydrogens is 354 g/mol. The summed E-state index contributed by atoms with van der Waals surface area (Å²) in [6, 6.07) is -0.741. The predicted octanol–water partition coefficient (Wildman–Crippen LogP) is 0.00550. The molecule has 1 rings (SSSR count). The topological polar surface area (TPSA) is 117 Å². The van der Waals surface area contributed by atoms with Gasteiger partial charge < -0.3 is 24.3 Å². The number of amides is 1. The molecule has 1 aliphatic rings. The molecule has 9 nitrogen and oxygen atoms in total. The number of carbonyl (C=O) groups excluding carboxylic acids is 4. The molecule has 0 aromatic rings. The average molecular weight is 377 g/mol. The van der Waals surface area contributed by atoms with Crippen LogP contribution in [0.1, 0.15) is 27.7 Å². The van der Waals surface area contributed by atoms with Gasteiger partial charge in [-0.2, -0.15) is 0 Å². The second kappa shape index (κ2) is 9.73. The summed E-state index contributed by atoms with van der Waals surface area (Å²) < 4.78 is 21.3. The minimum Gasteiger partial charge on any atom is -0.463 e. The van der Waals surface area contributed by atoms with Crippen molar-refractivity contribution in [3.8, 4) is 0 Å². The van der Waals surface area contributed by atoms with Crippen LogP contribution in [0.25, 0.3) is 0 Å². The summed E-state index contributed by atoms with van der Waals surface area (Å²) in [6.07, 6.45) is -2.68. The molecular formula is C15H23NO8S. The van der Waals surface area contributed by atoms with Gasteiger partial charge in [0.1, 0.15) is 18.8 Å². The van der Waals surface area contributed by atoms with E-state index in [-0.39, 0.29) is 17.6 Å². The zero-order valence-electron chi connectivity index (χ0n) is 14.8. The van der Waals surface area contributed by atoms with E-state index in [0.29, 0.717) is 0 Å². The Hall–Kier alpha value is -1.65. The molecule has 10 heteroatoms. The fourth-order valence-corrected chi connectivity index (χ4v) is 3.58. The number of carbonyl (C=O) groups is 4. The Balaban J connectivity index is 3.18. The van der Waals surface area contributed by atoms with E-state index in [1.807, 2.05) is 0 Å². The van der Waals surface area contributed by atoms with Crippen LogP contribution >= 0.6 is 11.8 Å². The van der Waals surface area contributed by atoms with Crippen molar-refractivity contribution in [1.29, 1.82) is 0 Å². The molecule has 1 heterocycles. The van der Waals surface area contributed by atoms with Crippen LogP contribution in [0.15, 0.2) is 0 Å². The number of hydrogen-bond acceptors (Lipinski definition) is 9. The molecule has 25 heavy (non-hydrogen) atoms. The molecule has 1 saturated heterocycles. The first kappa shape index (κ1) is 21.4. The van der Waals surface area contributed by atoms with Gasteiger partial charge >= 0.3 is 11.9 Å². The molecule has 0 spiro atoms. The Morgan fingerprint density at radius 2 is 1.72 bits per heavy atom. The SMILES string of the molecule is CO[C@H]1O[C@H](COC(C)=O)[C@@H](OC(C)=O)[C@H](SC(C)=O)[C@@H]1NC(C)=O. The van der Waals surface area contributed by atoms with E-state index in [1.165, 1.54) is 34.8 Å². The molecule has 0 aromatic carbocycles. The fourth-order valence-electron chi connectivity index (χ4n) is 2.49. The molecule has 0 radical (unpaired) electrons. The second-order valence-corrected chi connectivity index (χ2v) is 6.81. The van der Waals surface area contributed by atoms with Crippen molar-refractivity contribution in [1.82, 2.24) is 5.32 Å². The van der Waals surface area contributed by atoms with Gasteiger partial charge in [-0.3, -0.25) is 19.2 Å². The van der Waals surface area contributed by atoms with Gasteiger partial charge in [-0.1, -0.05) is 11.8 Å². The quantitative estimate of drug-likeness (QED) is 0.638. The van der Waals surface area contributed by atoms with Crippen LogP contribution in [0.4, 0.5) is 0 Å². The molecule has 0 unspecified atom stereocenters. The highest BCUT2D eigenvalue weighted by Gasteiger charge is 2.49. The lowest BCUT2D eigenvalue weighted by Crippen LogP contribution is -2.64. The average Bonchev–Trinajstić information content (AvgIpc) is 2.48. The summed E-state index contributed by atoms with van der Waals surface area (Å²) in [6.45, 7) is 4.94. The van der Waals surface area contributed by atoms with Crippen molar-refractivity contribution >= 4 is 34.7 Å². The number of nitrogens with one attached hydrogen (secondary N) is 1. The highest BCUT2D eigenvalue weighted by molar-refractivity contribution is 8.14.